The standard InChI is InChI=1S/C20H16F2N4O2/c21-13-7-5-12(6-8-13)18-19(27)23-9-10-26(18)20(28)17-11-16(24-25-17)14-3-1-2-4-15(14)22/h1-8,11,18H,9-10H2,(H,23,27)(H,24,25)/t18-/m1/s1. The molecule has 6 nitrogen and oxygen atoms in total. The highest BCUT2D eigenvalue weighted by molar-refractivity contribution is 5.98. The summed E-state index contributed by atoms with van der Waals surface area (Å²) in [5.41, 5.74) is 1.20. The highest BCUT2D eigenvalue weighted by Gasteiger charge is 2.35. The van der Waals surface area contributed by atoms with Crippen LogP contribution >= 0.6 is 0 Å². The molecule has 2 amide bonds. The summed E-state index contributed by atoms with van der Waals surface area (Å²) in [6.07, 6.45) is 0. The Kier molecular flexibility index (Phi) is 4.60. The van der Waals surface area contributed by atoms with Crippen LogP contribution in [0.3, 0.4) is 0 Å². The number of carbonyl (C=O) groups excluding carboxylic acids is 2. The van der Waals surface area contributed by atoms with Crippen molar-refractivity contribution in [3.8, 4) is 11.3 Å². The first-order valence-electron chi connectivity index (χ1n) is 8.69. The van der Waals surface area contributed by atoms with Crippen molar-refractivity contribution in [1.29, 1.82) is 0 Å². The van der Waals surface area contributed by atoms with Crippen molar-refractivity contribution in [1.82, 2.24) is 20.4 Å². The lowest BCUT2D eigenvalue weighted by molar-refractivity contribution is -0.128. The van der Waals surface area contributed by atoms with Crippen LogP contribution in [0.2, 0.25) is 0 Å². The number of carbonyl (C=O) groups is 2. The van der Waals surface area contributed by atoms with Crippen LogP contribution in [0.25, 0.3) is 11.3 Å². The van der Waals surface area contributed by atoms with Gasteiger partial charge in [0, 0.05) is 18.7 Å². The summed E-state index contributed by atoms with van der Waals surface area (Å²) in [5.74, 6) is -1.67. The minimum Gasteiger partial charge on any atom is -0.352 e. The summed E-state index contributed by atoms with van der Waals surface area (Å²) in [7, 11) is 0. The number of halogens is 2. The van der Waals surface area contributed by atoms with Gasteiger partial charge in [0.15, 0.2) is 0 Å². The summed E-state index contributed by atoms with van der Waals surface area (Å²) >= 11 is 0. The van der Waals surface area contributed by atoms with E-state index in [9.17, 15) is 18.4 Å². The summed E-state index contributed by atoms with van der Waals surface area (Å²) in [6.45, 7) is 0.581. The molecule has 1 aromatic heterocycles. The van der Waals surface area contributed by atoms with E-state index in [2.05, 4.69) is 15.5 Å². The molecule has 0 unspecified atom stereocenters. The van der Waals surface area contributed by atoms with E-state index in [-0.39, 0.29) is 23.7 Å². The molecule has 2 N–H and O–H groups in total. The molecule has 2 heterocycles. The Bertz CT molecular complexity index is 1030. The number of aromatic nitrogens is 2. The Morgan fingerprint density at radius 1 is 1.11 bits per heavy atom. The van der Waals surface area contributed by atoms with E-state index in [1.165, 1.54) is 41.3 Å². The molecule has 28 heavy (non-hydrogen) atoms. The number of aromatic amines is 1. The van der Waals surface area contributed by atoms with Crippen LogP contribution in [0.1, 0.15) is 22.1 Å². The SMILES string of the molecule is O=C1NCCN(C(=O)c2cc(-c3ccccc3F)n[nH]2)[C@@H]1c1ccc(F)cc1. The first-order valence-corrected chi connectivity index (χ1v) is 8.69. The molecule has 1 aliphatic rings. The number of amides is 2. The Labute approximate surface area is 159 Å². The normalized spacial score (nSPS) is 16.7. The topological polar surface area (TPSA) is 78.1 Å². The smallest absolute Gasteiger partial charge is 0.272 e. The van der Waals surface area contributed by atoms with Gasteiger partial charge < -0.3 is 10.2 Å². The quantitative estimate of drug-likeness (QED) is 0.731. The Morgan fingerprint density at radius 2 is 1.86 bits per heavy atom. The summed E-state index contributed by atoms with van der Waals surface area (Å²) in [5, 5.41) is 9.37. The van der Waals surface area contributed by atoms with Crippen molar-refractivity contribution in [2.45, 2.75) is 6.04 Å². The number of benzene rings is 2. The third-order valence-electron chi connectivity index (χ3n) is 4.62. The van der Waals surface area contributed by atoms with Crippen molar-refractivity contribution in [3.05, 3.63) is 77.5 Å². The monoisotopic (exact) mass is 382 g/mol. The maximum atomic E-state index is 14.0. The Morgan fingerprint density at radius 3 is 2.61 bits per heavy atom. The van der Waals surface area contributed by atoms with Gasteiger partial charge in [-0.15, -0.1) is 0 Å². The second-order valence-electron chi connectivity index (χ2n) is 6.39. The fourth-order valence-corrected chi connectivity index (χ4v) is 3.25. The number of nitrogens with one attached hydrogen (secondary N) is 2. The number of H-pyrrole nitrogens is 1. The molecule has 4 rings (SSSR count). The van der Waals surface area contributed by atoms with Gasteiger partial charge in [-0.2, -0.15) is 5.10 Å². The highest BCUT2D eigenvalue weighted by atomic mass is 19.1. The molecule has 0 spiro atoms. The zero-order valence-electron chi connectivity index (χ0n) is 14.7. The van der Waals surface area contributed by atoms with Crippen LogP contribution in [-0.4, -0.2) is 40.0 Å². The van der Waals surface area contributed by atoms with Crippen molar-refractivity contribution >= 4 is 11.8 Å². The minimum absolute atomic E-state index is 0.139. The summed E-state index contributed by atoms with van der Waals surface area (Å²) < 4.78 is 27.2. The molecule has 0 saturated carbocycles. The van der Waals surface area contributed by atoms with Gasteiger partial charge in [0.1, 0.15) is 23.4 Å². The summed E-state index contributed by atoms with van der Waals surface area (Å²) in [6, 6.07) is 12.1. The van der Waals surface area contributed by atoms with Crippen molar-refractivity contribution < 1.29 is 18.4 Å². The number of nitrogens with zero attached hydrogens (tertiary/aromatic N) is 2. The average Bonchev–Trinajstić information content (AvgIpc) is 3.18. The minimum atomic E-state index is -0.887. The fourth-order valence-electron chi connectivity index (χ4n) is 3.25. The third kappa shape index (κ3) is 3.24. The molecule has 1 atom stereocenters. The maximum Gasteiger partial charge on any atom is 0.272 e. The van der Waals surface area contributed by atoms with Gasteiger partial charge in [0.25, 0.3) is 5.91 Å². The zero-order valence-corrected chi connectivity index (χ0v) is 14.7. The van der Waals surface area contributed by atoms with Crippen molar-refractivity contribution in [2.24, 2.45) is 0 Å². The molecule has 2 aromatic carbocycles. The lowest BCUT2D eigenvalue weighted by atomic mass is 10.0. The van der Waals surface area contributed by atoms with E-state index in [1.807, 2.05) is 0 Å². The van der Waals surface area contributed by atoms with E-state index in [4.69, 9.17) is 0 Å². The van der Waals surface area contributed by atoms with Crippen LogP contribution in [-0.2, 0) is 4.79 Å². The van der Waals surface area contributed by atoms with E-state index < -0.39 is 23.6 Å². The van der Waals surface area contributed by atoms with Crippen LogP contribution in [0.5, 0.6) is 0 Å². The zero-order chi connectivity index (χ0) is 19.7. The first-order chi connectivity index (χ1) is 13.5. The van der Waals surface area contributed by atoms with Crippen LogP contribution < -0.4 is 5.32 Å². The van der Waals surface area contributed by atoms with Gasteiger partial charge in [0.05, 0.1) is 5.69 Å². The molecular weight excluding hydrogens is 366 g/mol. The third-order valence-corrected chi connectivity index (χ3v) is 4.62. The lowest BCUT2D eigenvalue weighted by Gasteiger charge is -2.35. The molecule has 142 valence electrons. The number of rotatable bonds is 3. The second kappa shape index (κ2) is 7.22. The van der Waals surface area contributed by atoms with E-state index in [0.29, 0.717) is 17.8 Å². The van der Waals surface area contributed by atoms with Gasteiger partial charge in [-0.3, -0.25) is 14.7 Å². The maximum absolute atomic E-state index is 14.0. The van der Waals surface area contributed by atoms with Crippen molar-refractivity contribution in [3.63, 3.8) is 0 Å². The molecule has 8 heteroatoms. The molecule has 1 saturated heterocycles. The lowest BCUT2D eigenvalue weighted by Crippen LogP contribution is -2.52. The summed E-state index contributed by atoms with van der Waals surface area (Å²) in [4.78, 5) is 26.8. The predicted octanol–water partition coefficient (Wildman–Crippen LogP) is 2.67. The molecular formula is C20H16F2N4O2. The van der Waals surface area contributed by atoms with Gasteiger partial charge in [-0.25, -0.2) is 8.78 Å². The number of piperazine rings is 1. The highest BCUT2D eigenvalue weighted by Crippen LogP contribution is 2.27. The molecule has 3 aromatic rings. The van der Waals surface area contributed by atoms with E-state index in [0.717, 1.165) is 0 Å². The molecule has 0 bridgehead atoms. The van der Waals surface area contributed by atoms with Crippen LogP contribution in [0.15, 0.2) is 54.6 Å². The van der Waals surface area contributed by atoms with Crippen LogP contribution in [0.4, 0.5) is 8.78 Å². The molecule has 1 fully saturated rings. The van der Waals surface area contributed by atoms with E-state index in [1.54, 1.807) is 18.2 Å². The van der Waals surface area contributed by atoms with Gasteiger partial charge in [-0.1, -0.05) is 24.3 Å². The second-order valence-corrected chi connectivity index (χ2v) is 6.39. The van der Waals surface area contributed by atoms with Crippen LogP contribution in [0, 0.1) is 11.6 Å². The Hall–Kier alpha value is -3.55. The number of hydrogen-bond acceptors (Lipinski definition) is 3. The number of hydrogen-bond donors (Lipinski definition) is 2. The molecule has 1 aliphatic heterocycles. The van der Waals surface area contributed by atoms with E-state index >= 15 is 0 Å². The van der Waals surface area contributed by atoms with Crippen molar-refractivity contribution in [2.75, 3.05) is 13.1 Å². The largest absolute Gasteiger partial charge is 0.352 e. The Balaban J connectivity index is 1.65. The predicted molar refractivity (Wildman–Crippen MR) is 97.2 cm³/mol. The van der Waals surface area contributed by atoms with Gasteiger partial charge >= 0.3 is 0 Å². The first kappa shape index (κ1) is 17.8. The van der Waals surface area contributed by atoms with Gasteiger partial charge in [0.2, 0.25) is 5.91 Å². The average molecular weight is 382 g/mol. The molecule has 0 radical (unpaired) electrons. The fraction of sp³-hybridized carbons (Fsp3) is 0.150. The van der Waals surface area contributed by atoms with Gasteiger partial charge in [-0.05, 0) is 35.9 Å². The molecule has 0 aliphatic carbocycles.